The highest BCUT2D eigenvalue weighted by Gasteiger charge is 2.62. The number of carbonyl (C=O) groups excluding carboxylic acids is 4. The summed E-state index contributed by atoms with van der Waals surface area (Å²) in [6, 6.07) is 4.62. The minimum atomic E-state index is -3.92. The lowest BCUT2D eigenvalue weighted by Crippen LogP contribution is -2.47. The molecule has 1 N–H and O–H groups in total. The molecular weight excluding hydrogens is 660 g/mol. The number of imidazole rings is 1. The number of allylic oxidation sites excluding steroid dienone is 2. The van der Waals surface area contributed by atoms with Crippen LogP contribution < -0.4 is 9.46 Å². The summed E-state index contributed by atoms with van der Waals surface area (Å²) in [7, 11) is -2.03. The molecule has 5 atom stereocenters. The van der Waals surface area contributed by atoms with Crippen LogP contribution in [0.3, 0.4) is 0 Å². The predicted octanol–water partition coefficient (Wildman–Crippen LogP) is 4.75. The molecule has 272 valence electrons. The topological polar surface area (TPSA) is 154 Å². The second kappa shape index (κ2) is 13.4. The van der Waals surface area contributed by atoms with E-state index in [1.807, 2.05) is 42.0 Å². The molecule has 2 aliphatic heterocycles. The summed E-state index contributed by atoms with van der Waals surface area (Å²) in [5, 5.41) is 0. The number of nitrogens with zero attached hydrogens (tertiary/aromatic N) is 3. The van der Waals surface area contributed by atoms with Crippen LogP contribution in [0, 0.1) is 17.3 Å². The number of Topliss-reactive ketones (excluding diaryl/α,β-unsaturated/α-hetero) is 1. The summed E-state index contributed by atoms with van der Waals surface area (Å²) in [5.74, 6) is -2.18. The maximum atomic E-state index is 14.4. The number of esters is 1. The highest BCUT2D eigenvalue weighted by atomic mass is 32.2. The van der Waals surface area contributed by atoms with Gasteiger partial charge in [-0.2, -0.15) is 0 Å². The SMILES string of the molecule is Cn1cnc2ccc(O[C@@H]3C[C@H]4C(=O)C[C@]5(C(=O)NS(=O)(=O)C6(C)CC6)C[C@@H]5/C=C\CCCCC[C@H](CC(=O)OC(C)(C)C)C(=O)N4C3)cc21. The lowest BCUT2D eigenvalue weighted by atomic mass is 9.90. The maximum Gasteiger partial charge on any atom is 0.307 e. The molecule has 2 aromatic rings. The first kappa shape index (κ1) is 36.1. The van der Waals surface area contributed by atoms with Crippen molar-refractivity contribution in [3.8, 4) is 5.75 Å². The Balaban J connectivity index is 1.29. The first-order chi connectivity index (χ1) is 23.5. The third-order valence-electron chi connectivity index (χ3n) is 10.8. The molecule has 13 heteroatoms. The number of ketones is 1. The molecule has 4 aliphatic rings. The molecule has 3 fully saturated rings. The number of benzene rings is 1. The number of amides is 2. The largest absolute Gasteiger partial charge is 0.488 e. The highest BCUT2D eigenvalue weighted by Crippen LogP contribution is 2.57. The monoisotopic (exact) mass is 710 g/mol. The molecule has 0 radical (unpaired) electrons. The second-order valence-electron chi connectivity index (χ2n) is 16.0. The van der Waals surface area contributed by atoms with Crippen LogP contribution in [0.15, 0.2) is 36.7 Å². The Bertz CT molecular complexity index is 1810. The Hall–Kier alpha value is -3.74. The molecule has 0 unspecified atom stereocenters. The fourth-order valence-corrected chi connectivity index (χ4v) is 8.71. The van der Waals surface area contributed by atoms with E-state index in [-0.39, 0.29) is 43.4 Å². The zero-order chi connectivity index (χ0) is 36.1. The van der Waals surface area contributed by atoms with Gasteiger partial charge in [0, 0.05) is 31.9 Å². The third kappa shape index (κ3) is 7.62. The molecule has 3 heterocycles. The summed E-state index contributed by atoms with van der Waals surface area (Å²) >= 11 is 0. The Labute approximate surface area is 294 Å². The number of hydrogen-bond donors (Lipinski definition) is 1. The van der Waals surface area contributed by atoms with E-state index in [9.17, 15) is 27.6 Å². The molecular formula is C37H50N4O8S. The van der Waals surface area contributed by atoms with Crippen molar-refractivity contribution in [3.63, 3.8) is 0 Å². The zero-order valence-corrected chi connectivity index (χ0v) is 30.6. The number of aromatic nitrogens is 2. The molecule has 0 bridgehead atoms. The van der Waals surface area contributed by atoms with Gasteiger partial charge in [0.25, 0.3) is 0 Å². The fraction of sp³-hybridized carbons (Fsp3) is 0.649. The Kier molecular flexibility index (Phi) is 9.68. The number of rotatable bonds is 7. The number of nitrogens with one attached hydrogen (secondary N) is 1. The van der Waals surface area contributed by atoms with Crippen molar-refractivity contribution < 1.29 is 37.1 Å². The predicted molar refractivity (Wildman–Crippen MR) is 186 cm³/mol. The van der Waals surface area contributed by atoms with E-state index in [1.165, 1.54) is 4.90 Å². The van der Waals surface area contributed by atoms with Gasteiger partial charge in [-0.3, -0.25) is 23.9 Å². The molecule has 0 spiro atoms. The third-order valence-corrected chi connectivity index (χ3v) is 13.0. The Morgan fingerprint density at radius 1 is 1.12 bits per heavy atom. The van der Waals surface area contributed by atoms with Crippen molar-refractivity contribution in [3.05, 3.63) is 36.7 Å². The summed E-state index contributed by atoms with van der Waals surface area (Å²) in [5.41, 5.74) is -0.258. The van der Waals surface area contributed by atoms with Crippen LogP contribution in [0.1, 0.15) is 98.3 Å². The normalized spacial score (nSPS) is 29.3. The van der Waals surface area contributed by atoms with Crippen molar-refractivity contribution in [1.29, 1.82) is 0 Å². The molecule has 1 saturated heterocycles. The minimum Gasteiger partial charge on any atom is -0.488 e. The molecule has 1 aromatic carbocycles. The van der Waals surface area contributed by atoms with Crippen molar-refractivity contribution in [2.24, 2.45) is 24.3 Å². The second-order valence-corrected chi connectivity index (χ2v) is 18.2. The van der Waals surface area contributed by atoms with Gasteiger partial charge in [-0.15, -0.1) is 0 Å². The van der Waals surface area contributed by atoms with Crippen LogP contribution in [0.5, 0.6) is 5.75 Å². The van der Waals surface area contributed by atoms with Gasteiger partial charge in [-0.1, -0.05) is 25.0 Å². The summed E-state index contributed by atoms with van der Waals surface area (Å²) < 4.78 is 41.4. The quantitative estimate of drug-likeness (QED) is 0.317. The van der Waals surface area contributed by atoms with E-state index in [0.29, 0.717) is 31.4 Å². The van der Waals surface area contributed by atoms with Crippen molar-refractivity contribution in [2.75, 3.05) is 6.54 Å². The lowest BCUT2D eigenvalue weighted by molar-refractivity contribution is -0.159. The molecule has 6 rings (SSSR count). The van der Waals surface area contributed by atoms with Gasteiger partial charge < -0.3 is 18.9 Å². The molecule has 1 aromatic heterocycles. The van der Waals surface area contributed by atoms with Crippen molar-refractivity contribution in [1.82, 2.24) is 19.2 Å². The molecule has 2 saturated carbocycles. The summed E-state index contributed by atoms with van der Waals surface area (Å²) in [6.45, 7) is 7.09. The number of aryl methyl sites for hydroxylation is 1. The maximum absolute atomic E-state index is 14.4. The van der Waals surface area contributed by atoms with Crippen LogP contribution in [0.25, 0.3) is 11.0 Å². The number of ether oxygens (including phenoxy) is 2. The molecule has 2 aliphatic carbocycles. The lowest BCUT2D eigenvalue weighted by Gasteiger charge is -2.29. The zero-order valence-electron chi connectivity index (χ0n) is 29.8. The van der Waals surface area contributed by atoms with Crippen LogP contribution in [0.2, 0.25) is 0 Å². The average Bonchev–Trinajstić information content (AvgIpc) is 3.86. The number of fused-ring (bicyclic) bond motifs is 3. The van der Waals surface area contributed by atoms with E-state index in [2.05, 4.69) is 9.71 Å². The first-order valence-corrected chi connectivity index (χ1v) is 19.3. The van der Waals surface area contributed by atoms with E-state index in [0.717, 1.165) is 36.7 Å². The first-order valence-electron chi connectivity index (χ1n) is 17.9. The van der Waals surface area contributed by atoms with Gasteiger partial charge in [0.15, 0.2) is 5.78 Å². The Morgan fingerprint density at radius 2 is 1.88 bits per heavy atom. The Morgan fingerprint density at radius 3 is 2.60 bits per heavy atom. The van der Waals surface area contributed by atoms with E-state index < -0.39 is 55.7 Å². The number of hydrogen-bond acceptors (Lipinski definition) is 9. The highest BCUT2D eigenvalue weighted by molar-refractivity contribution is 7.91. The average molecular weight is 711 g/mol. The minimum absolute atomic E-state index is 0.110. The van der Waals surface area contributed by atoms with Crippen molar-refractivity contribution >= 4 is 44.6 Å². The van der Waals surface area contributed by atoms with Gasteiger partial charge in [0.1, 0.15) is 17.5 Å². The van der Waals surface area contributed by atoms with Crippen LogP contribution in [-0.4, -0.2) is 75.5 Å². The van der Waals surface area contributed by atoms with Gasteiger partial charge in [-0.05, 0) is 84.3 Å². The molecule has 12 nitrogen and oxygen atoms in total. The number of carbonyl (C=O) groups is 4. The van der Waals surface area contributed by atoms with Gasteiger partial charge in [-0.25, -0.2) is 13.4 Å². The molecule has 2 amide bonds. The van der Waals surface area contributed by atoms with Gasteiger partial charge >= 0.3 is 5.97 Å². The fourth-order valence-electron chi connectivity index (χ4n) is 7.38. The smallest absolute Gasteiger partial charge is 0.307 e. The van der Waals surface area contributed by atoms with E-state index >= 15 is 0 Å². The molecule has 50 heavy (non-hydrogen) atoms. The van der Waals surface area contributed by atoms with E-state index in [4.69, 9.17) is 9.47 Å². The van der Waals surface area contributed by atoms with Gasteiger partial charge in [0.05, 0.1) is 46.5 Å². The van der Waals surface area contributed by atoms with E-state index in [1.54, 1.807) is 34.0 Å². The number of sulfonamides is 1. The summed E-state index contributed by atoms with van der Waals surface area (Å²) in [4.78, 5) is 61.6. The van der Waals surface area contributed by atoms with Crippen LogP contribution in [-0.2, 0) is 41.0 Å². The standard InChI is InChI=1S/C37H50N4O8S/c1-35(2,3)49-32(43)17-24-11-9-7-6-8-10-12-25-20-37(25,34(45)39-50(46,47)36(4)15-16-36)21-31(42)30-19-27(22-41(30)33(24)44)48-26-13-14-28-29(18-26)40(5)23-38-28/h10,12-14,18,23-25,27,30H,6-9,11,15-17,19-22H2,1-5H3,(H,39,45)/b12-10-/t24-,25+,27-,30+,37-/m1/s1. The van der Waals surface area contributed by atoms with Crippen LogP contribution >= 0.6 is 0 Å². The van der Waals surface area contributed by atoms with Crippen LogP contribution in [0.4, 0.5) is 0 Å². The van der Waals surface area contributed by atoms with Gasteiger partial charge in [0.2, 0.25) is 21.8 Å². The summed E-state index contributed by atoms with van der Waals surface area (Å²) in [6.07, 6.45) is 9.93. The van der Waals surface area contributed by atoms with Crippen molar-refractivity contribution in [2.45, 2.75) is 121 Å².